The van der Waals surface area contributed by atoms with E-state index in [4.69, 9.17) is 4.42 Å². The first-order chi connectivity index (χ1) is 16.2. The maximum absolute atomic E-state index is 13.6. The molecule has 2 amide bonds. The van der Waals surface area contributed by atoms with Gasteiger partial charge < -0.3 is 14.2 Å². The first-order valence-corrected chi connectivity index (χ1v) is 12.7. The molecular formula is C28H39N3O3. The molecule has 2 heterocycles. The number of rotatable bonds is 6. The molecule has 0 bridgehead atoms. The zero-order valence-electron chi connectivity index (χ0n) is 21.1. The SMILES string of the molecule is CN(Cc1ccco1)C(=O)[C@H](C1CCCC1)N1CCN(C(=O)c2ccc(C(C)(C)C)cc2)CC1. The van der Waals surface area contributed by atoms with E-state index in [2.05, 4.69) is 37.8 Å². The Morgan fingerprint density at radius 3 is 2.24 bits per heavy atom. The molecule has 2 aliphatic rings. The summed E-state index contributed by atoms with van der Waals surface area (Å²) in [5.41, 5.74) is 2.03. The lowest BCUT2D eigenvalue weighted by atomic mass is 9.86. The fourth-order valence-electron chi connectivity index (χ4n) is 5.37. The van der Waals surface area contributed by atoms with Crippen molar-refractivity contribution < 1.29 is 14.0 Å². The van der Waals surface area contributed by atoms with E-state index >= 15 is 0 Å². The Labute approximate surface area is 203 Å². The van der Waals surface area contributed by atoms with Gasteiger partial charge in [-0.3, -0.25) is 14.5 Å². The van der Waals surface area contributed by atoms with E-state index in [0.717, 1.165) is 37.3 Å². The molecule has 184 valence electrons. The quantitative estimate of drug-likeness (QED) is 0.628. The van der Waals surface area contributed by atoms with Crippen molar-refractivity contribution >= 4 is 11.8 Å². The van der Waals surface area contributed by atoms with Crippen LogP contribution < -0.4 is 0 Å². The Kier molecular flexibility index (Phi) is 7.46. The second-order valence-electron chi connectivity index (χ2n) is 10.9. The molecule has 2 fully saturated rings. The second-order valence-corrected chi connectivity index (χ2v) is 10.9. The van der Waals surface area contributed by atoms with E-state index in [1.54, 1.807) is 11.2 Å². The van der Waals surface area contributed by atoms with Crippen molar-refractivity contribution in [3.05, 3.63) is 59.5 Å². The predicted octanol–water partition coefficient (Wildman–Crippen LogP) is 4.55. The van der Waals surface area contributed by atoms with Crippen LogP contribution in [-0.4, -0.2) is 65.8 Å². The fraction of sp³-hybridized carbons (Fsp3) is 0.571. The number of benzene rings is 1. The molecule has 1 aromatic heterocycles. The molecule has 1 atom stereocenters. The van der Waals surface area contributed by atoms with Crippen LogP contribution in [-0.2, 0) is 16.8 Å². The van der Waals surface area contributed by atoms with Crippen LogP contribution in [0.2, 0.25) is 0 Å². The summed E-state index contributed by atoms with van der Waals surface area (Å²) < 4.78 is 5.46. The number of carbonyl (C=O) groups is 2. The lowest BCUT2D eigenvalue weighted by molar-refractivity contribution is -0.139. The third kappa shape index (κ3) is 5.54. The van der Waals surface area contributed by atoms with E-state index in [0.29, 0.717) is 25.6 Å². The predicted molar refractivity (Wildman–Crippen MR) is 134 cm³/mol. The van der Waals surface area contributed by atoms with Gasteiger partial charge in [0.2, 0.25) is 5.91 Å². The van der Waals surface area contributed by atoms with Crippen LogP contribution >= 0.6 is 0 Å². The first kappa shape index (κ1) is 24.5. The Bertz CT molecular complexity index is 948. The summed E-state index contributed by atoms with van der Waals surface area (Å²) in [6.45, 7) is 9.78. The van der Waals surface area contributed by atoms with Gasteiger partial charge >= 0.3 is 0 Å². The molecule has 6 nitrogen and oxygen atoms in total. The molecule has 6 heteroatoms. The minimum atomic E-state index is -0.120. The van der Waals surface area contributed by atoms with Crippen LogP contribution in [0.5, 0.6) is 0 Å². The standard InChI is InChI=1S/C28H39N3O3/c1-28(2,3)23-13-11-22(12-14-23)26(32)31-17-15-30(16-18-31)25(21-8-5-6-9-21)27(33)29(4)20-24-10-7-19-34-24/h7,10-14,19,21,25H,5-6,8-9,15-18,20H2,1-4H3/t25-/m0/s1. The number of furan rings is 1. The van der Waals surface area contributed by atoms with Crippen molar-refractivity contribution in [2.45, 2.75) is 64.5 Å². The molecule has 1 aromatic carbocycles. The lowest BCUT2D eigenvalue weighted by Crippen LogP contribution is -2.58. The van der Waals surface area contributed by atoms with Crippen LogP contribution in [0.4, 0.5) is 0 Å². The van der Waals surface area contributed by atoms with Crippen LogP contribution in [0.15, 0.2) is 47.1 Å². The van der Waals surface area contributed by atoms with Gasteiger partial charge in [0, 0.05) is 38.8 Å². The van der Waals surface area contributed by atoms with Gasteiger partial charge in [-0.15, -0.1) is 0 Å². The fourth-order valence-corrected chi connectivity index (χ4v) is 5.37. The summed E-state index contributed by atoms with van der Waals surface area (Å²) in [6.07, 6.45) is 6.24. The van der Waals surface area contributed by atoms with Crippen molar-refractivity contribution in [1.29, 1.82) is 0 Å². The maximum atomic E-state index is 13.6. The maximum Gasteiger partial charge on any atom is 0.253 e. The normalized spacial score (nSPS) is 18.8. The monoisotopic (exact) mass is 465 g/mol. The van der Waals surface area contributed by atoms with Gasteiger partial charge in [0.05, 0.1) is 18.8 Å². The summed E-state index contributed by atoms with van der Waals surface area (Å²) in [5, 5.41) is 0. The van der Waals surface area contributed by atoms with Crippen molar-refractivity contribution in [1.82, 2.24) is 14.7 Å². The number of likely N-dealkylation sites (N-methyl/N-ethyl adjacent to an activating group) is 1. The first-order valence-electron chi connectivity index (χ1n) is 12.7. The number of amides is 2. The van der Waals surface area contributed by atoms with E-state index < -0.39 is 0 Å². The molecule has 0 radical (unpaired) electrons. The van der Waals surface area contributed by atoms with Gasteiger partial charge in [0.25, 0.3) is 5.91 Å². The molecule has 2 aromatic rings. The molecule has 1 aliphatic carbocycles. The van der Waals surface area contributed by atoms with Gasteiger partial charge in [-0.1, -0.05) is 45.7 Å². The molecule has 1 aliphatic heterocycles. The average molecular weight is 466 g/mol. The highest BCUT2D eigenvalue weighted by molar-refractivity contribution is 5.94. The highest BCUT2D eigenvalue weighted by Gasteiger charge is 2.38. The van der Waals surface area contributed by atoms with Crippen molar-refractivity contribution in [3.8, 4) is 0 Å². The lowest BCUT2D eigenvalue weighted by Gasteiger charge is -2.42. The topological polar surface area (TPSA) is 57.0 Å². The number of nitrogens with zero attached hydrogens (tertiary/aromatic N) is 3. The average Bonchev–Trinajstić information content (AvgIpc) is 3.53. The summed E-state index contributed by atoms with van der Waals surface area (Å²) >= 11 is 0. The number of carbonyl (C=O) groups excluding carboxylic acids is 2. The molecule has 0 unspecified atom stereocenters. The minimum Gasteiger partial charge on any atom is -0.467 e. The van der Waals surface area contributed by atoms with Gasteiger partial charge in [-0.2, -0.15) is 0 Å². The Hall–Kier alpha value is -2.60. The molecule has 0 N–H and O–H groups in total. The molecule has 34 heavy (non-hydrogen) atoms. The molecule has 1 saturated carbocycles. The van der Waals surface area contributed by atoms with E-state index in [1.807, 2.05) is 36.2 Å². The van der Waals surface area contributed by atoms with Crippen molar-refractivity contribution in [2.24, 2.45) is 5.92 Å². The summed E-state index contributed by atoms with van der Waals surface area (Å²) in [5.74, 6) is 1.44. The van der Waals surface area contributed by atoms with E-state index in [9.17, 15) is 9.59 Å². The molecule has 0 spiro atoms. The highest BCUT2D eigenvalue weighted by atomic mass is 16.3. The highest BCUT2D eigenvalue weighted by Crippen LogP contribution is 2.32. The molecule has 4 rings (SSSR count). The third-order valence-electron chi connectivity index (χ3n) is 7.44. The van der Waals surface area contributed by atoms with Crippen LogP contribution in [0, 0.1) is 5.92 Å². The zero-order valence-corrected chi connectivity index (χ0v) is 21.1. The zero-order chi connectivity index (χ0) is 24.3. The number of hydrogen-bond acceptors (Lipinski definition) is 4. The van der Waals surface area contributed by atoms with Crippen LogP contribution in [0.25, 0.3) is 0 Å². The molecular weight excluding hydrogens is 426 g/mol. The largest absolute Gasteiger partial charge is 0.467 e. The smallest absolute Gasteiger partial charge is 0.253 e. The van der Waals surface area contributed by atoms with Crippen molar-refractivity contribution in [2.75, 3.05) is 33.2 Å². The third-order valence-corrected chi connectivity index (χ3v) is 7.44. The second kappa shape index (κ2) is 10.3. The Morgan fingerprint density at radius 1 is 1.03 bits per heavy atom. The number of hydrogen-bond donors (Lipinski definition) is 0. The van der Waals surface area contributed by atoms with Crippen LogP contribution in [0.3, 0.4) is 0 Å². The summed E-state index contributed by atoms with van der Waals surface area (Å²) in [6, 6.07) is 11.7. The van der Waals surface area contributed by atoms with Gasteiger partial charge in [-0.05, 0) is 54.0 Å². The van der Waals surface area contributed by atoms with Crippen molar-refractivity contribution in [3.63, 3.8) is 0 Å². The number of piperazine rings is 1. The molecule has 1 saturated heterocycles. The van der Waals surface area contributed by atoms with E-state index in [1.165, 1.54) is 18.4 Å². The van der Waals surface area contributed by atoms with Gasteiger partial charge in [0.1, 0.15) is 5.76 Å². The van der Waals surface area contributed by atoms with Crippen LogP contribution in [0.1, 0.15) is 68.1 Å². The summed E-state index contributed by atoms with van der Waals surface area (Å²) in [7, 11) is 1.87. The minimum absolute atomic E-state index is 0.0685. The summed E-state index contributed by atoms with van der Waals surface area (Å²) in [4.78, 5) is 32.8. The Morgan fingerprint density at radius 2 is 1.68 bits per heavy atom. The van der Waals surface area contributed by atoms with Gasteiger partial charge in [-0.25, -0.2) is 0 Å². The van der Waals surface area contributed by atoms with E-state index in [-0.39, 0.29) is 23.3 Å². The van der Waals surface area contributed by atoms with Gasteiger partial charge in [0.15, 0.2) is 0 Å². The Balaban J connectivity index is 1.40.